The van der Waals surface area contributed by atoms with Crippen LogP contribution in [-0.2, 0) is 53.5 Å². The molecule has 654 valence electrons. The number of aromatic nitrogens is 10. The van der Waals surface area contributed by atoms with E-state index in [2.05, 4.69) is 349 Å². The molecule has 0 fully saturated rings. The molecule has 20 aromatic rings. The third-order valence-corrected chi connectivity index (χ3v) is 25.9. The summed E-state index contributed by atoms with van der Waals surface area (Å²) < 4.78 is 81.5. The molecule has 15 heteroatoms. The molecule has 129 heavy (non-hydrogen) atoms. The highest BCUT2D eigenvalue weighted by atomic mass is 16.4. The summed E-state index contributed by atoms with van der Waals surface area (Å²) in [5, 5.41) is 10.5. The maximum absolute atomic E-state index is 8.26. The first-order chi connectivity index (χ1) is 63.2. The van der Waals surface area contributed by atoms with Crippen LogP contribution in [0.3, 0.4) is 0 Å². The zero-order valence-corrected chi connectivity index (χ0v) is 80.2. The molecule has 0 bridgehead atoms. The van der Waals surface area contributed by atoms with Crippen LogP contribution in [-0.4, -0.2) is 24.9 Å². The van der Waals surface area contributed by atoms with Crippen molar-refractivity contribution in [1.82, 2.24) is 24.9 Å². The number of benzene rings is 5. The van der Waals surface area contributed by atoms with Crippen molar-refractivity contribution in [2.45, 2.75) is 190 Å². The van der Waals surface area contributed by atoms with E-state index in [1.54, 1.807) is 6.07 Å². The van der Waals surface area contributed by atoms with E-state index in [0.717, 1.165) is 173 Å². The predicted molar refractivity (Wildman–Crippen MR) is 527 cm³/mol. The van der Waals surface area contributed by atoms with Gasteiger partial charge in [0.1, 0.15) is 35.2 Å². The lowest BCUT2D eigenvalue weighted by Gasteiger charge is -2.16. The van der Waals surface area contributed by atoms with Crippen LogP contribution < -0.4 is 22.8 Å². The first-order valence-corrected chi connectivity index (χ1v) is 44.6. The van der Waals surface area contributed by atoms with Crippen LogP contribution in [0, 0.1) is 117 Å². The summed E-state index contributed by atoms with van der Waals surface area (Å²) in [6.07, 6.45) is 11.7. The molecule has 15 nitrogen and oxygen atoms in total. The van der Waals surface area contributed by atoms with Gasteiger partial charge in [0.25, 0.3) is 0 Å². The molecule has 0 saturated carbocycles. The van der Waals surface area contributed by atoms with Crippen molar-refractivity contribution < 1.29 is 51.8 Å². The fraction of sp³-hybridized carbons (Fsp3) is 0.298. The van der Waals surface area contributed by atoms with E-state index >= 15 is 0 Å². The molecule has 0 aliphatic carbocycles. The first-order valence-electron chi connectivity index (χ1n) is 47.1. The van der Waals surface area contributed by atoms with E-state index in [4.69, 9.17) is 33.9 Å². The van der Waals surface area contributed by atoms with E-state index < -0.39 is 18.6 Å². The average molecular weight is 1720 g/mol. The summed E-state index contributed by atoms with van der Waals surface area (Å²) in [5.41, 5.74) is 41.7. The van der Waals surface area contributed by atoms with Gasteiger partial charge in [0.2, 0.25) is 57.0 Å². The van der Waals surface area contributed by atoms with E-state index in [-0.39, 0.29) is 11.8 Å². The Hall–Kier alpha value is -13.4. The van der Waals surface area contributed by atoms with Crippen LogP contribution in [0.25, 0.3) is 167 Å². The van der Waals surface area contributed by atoms with Gasteiger partial charge in [-0.2, -0.15) is 0 Å². The summed E-state index contributed by atoms with van der Waals surface area (Å²) in [7, 11) is 10.4. The number of pyridine rings is 10. The maximum Gasteiger partial charge on any atom is 0.227 e. The number of rotatable bonds is 9. The lowest BCUT2D eigenvalue weighted by atomic mass is 9.91. The number of aryl methyl sites for hydroxylation is 22. The largest absolute Gasteiger partial charge is 0.437 e. The lowest BCUT2D eigenvalue weighted by molar-refractivity contribution is -0.660. The zero-order chi connectivity index (χ0) is 96.5. The summed E-state index contributed by atoms with van der Waals surface area (Å²) in [4.78, 5) is 23.3. The van der Waals surface area contributed by atoms with Crippen molar-refractivity contribution in [3.05, 3.63) is 295 Å². The smallest absolute Gasteiger partial charge is 0.227 e. The van der Waals surface area contributed by atoms with Crippen LogP contribution in [0.5, 0.6) is 0 Å². The molecule has 0 N–H and O–H groups in total. The molecule has 1 unspecified atom stereocenters. The lowest BCUT2D eigenvalue weighted by Crippen LogP contribution is -2.31. The van der Waals surface area contributed by atoms with Crippen LogP contribution in [0.2, 0.25) is 0 Å². The summed E-state index contributed by atoms with van der Waals surface area (Å²) in [6.45, 7) is 45.3. The number of hydrogen-bond acceptors (Lipinski definition) is 10. The number of nitrogens with zero attached hydrogens (tertiary/aromatic N) is 10. The normalized spacial score (nSPS) is 13.0. The maximum atomic E-state index is 8.26. The zero-order valence-electron chi connectivity index (χ0n) is 85.2. The fourth-order valence-corrected chi connectivity index (χ4v) is 17.8. The fourth-order valence-electron chi connectivity index (χ4n) is 17.8. The topological polar surface area (TPSA) is 150 Å². The molecule has 15 aromatic heterocycles. The second-order valence-electron chi connectivity index (χ2n) is 37.1. The molecule has 0 aliphatic heterocycles. The Morgan fingerprint density at radius 2 is 0.566 bits per heavy atom. The highest BCUT2D eigenvalue weighted by Gasteiger charge is 2.30. The molecular formula is C114H123N10O5+5. The SMILES string of the molecule is CCc1ccc2c(n1)oc1c(-c3cc(C)c(C)c[n+]3C)c(C)ccc12.Cc1cc(-c2c(C)ccc3c2oc2nc(C(C)(C)C)ccc23)[n+](C)cc1C.Cc1ccc2c(n1)oc1c(-c3cc(C)c(C)c[n+]3C)c(C)ccc12.[2H]C(C)(C)c1ccc2c(n1)oc1c(-c3cc(C)c(C)c[n+]3C)c(C)ccc12.[2H]C([2H])([2H])C([2H])(C)Cc1ccc2c(n1)oc1c(-c3cc(C)c(C)c[n+]3C)c(C)ccc12. The number of furan rings is 5. The Bertz CT molecular complexity index is 7960. The van der Waals surface area contributed by atoms with Crippen LogP contribution in [0.4, 0.5) is 0 Å². The Balaban J connectivity index is 0.000000122. The van der Waals surface area contributed by atoms with Crippen LogP contribution in [0.15, 0.2) is 205 Å². The van der Waals surface area contributed by atoms with E-state index in [9.17, 15) is 0 Å². The van der Waals surface area contributed by atoms with Gasteiger partial charge >= 0.3 is 0 Å². The number of hydrogen-bond donors (Lipinski definition) is 0. The first kappa shape index (κ1) is 82.6. The van der Waals surface area contributed by atoms with Crippen molar-refractivity contribution in [1.29, 1.82) is 0 Å². The average Bonchev–Trinajstić information content (AvgIpc) is 1.61. The van der Waals surface area contributed by atoms with Gasteiger partial charge in [-0.1, -0.05) is 116 Å². The third kappa shape index (κ3) is 17.0. The standard InChI is InChI=1S/2C24H27N2O.C23H25N2O.C22H23N2O.C21H21N2O/c1-14-8-9-17-18-10-11-20(24(4,5)6)25-23(18)27-22(17)21(14)19-12-15(2)16(3)13-26(19)7;1-14(2)11-18-8-10-20-19-9-7-15(3)22(23(19)27-24(20)25-18)21-12-16(4)17(5)13-26(21)6;1-13(2)19-10-9-18-17-8-7-14(3)21(22(17)26-23(18)24-19)20-11-15(4)16(5)12-25(20)6;1-6-16-8-10-18-17-9-7-13(2)20(21(17)25-22(18)23-16)19-11-14(3)15(4)12-24(19)5;1-12-6-8-16-17-9-7-15(4)22-21(17)24-20(16)19(12)18-10-13(2)14(3)11-23(18)5/h8-13H,1-7H3;7-10,12-14H,11H2,1-6H3;7-13H,1-6H3;7-12H,6H2,1-5H3;6-11H,1-5H3/q5*+1/i;1D3,14D;13D;;. The molecule has 0 spiro atoms. The van der Waals surface area contributed by atoms with Gasteiger partial charge in [0, 0.05) is 153 Å². The van der Waals surface area contributed by atoms with Crippen molar-refractivity contribution in [3.8, 4) is 56.3 Å². The second kappa shape index (κ2) is 35.0. The van der Waals surface area contributed by atoms with E-state index in [1.807, 2.05) is 58.2 Å². The van der Waals surface area contributed by atoms with Gasteiger partial charge in [0.15, 0.2) is 58.9 Å². The molecular weight excluding hydrogens is 1590 g/mol. The summed E-state index contributed by atoms with van der Waals surface area (Å²) in [6, 6.07) is 52.8. The van der Waals surface area contributed by atoms with Crippen molar-refractivity contribution in [2.24, 2.45) is 41.1 Å². The van der Waals surface area contributed by atoms with E-state index in [1.165, 1.54) is 90.5 Å². The quantitative estimate of drug-likeness (QED) is 0.128. The molecule has 0 amide bonds. The molecule has 5 aromatic carbocycles. The van der Waals surface area contributed by atoms with Gasteiger partial charge in [-0.05, 0) is 252 Å². The molecule has 15 heterocycles. The summed E-state index contributed by atoms with van der Waals surface area (Å²) in [5.74, 6) is -2.37. The minimum absolute atomic E-state index is 0.00752. The summed E-state index contributed by atoms with van der Waals surface area (Å²) >= 11 is 0. The Kier molecular flexibility index (Phi) is 22.4. The molecule has 0 saturated heterocycles. The Morgan fingerprint density at radius 3 is 0.868 bits per heavy atom. The second-order valence-corrected chi connectivity index (χ2v) is 37.1. The van der Waals surface area contributed by atoms with Gasteiger partial charge in [-0.15, -0.1) is 0 Å². The highest BCUT2D eigenvalue weighted by molar-refractivity contribution is 6.13. The minimum atomic E-state index is -2.39. The van der Waals surface area contributed by atoms with E-state index in [0.29, 0.717) is 28.5 Å². The Labute approximate surface area is 764 Å². The van der Waals surface area contributed by atoms with Crippen molar-refractivity contribution >= 4 is 110 Å². The van der Waals surface area contributed by atoms with Crippen LogP contribution >= 0.6 is 0 Å². The number of fused-ring (bicyclic) bond motifs is 15. The molecule has 0 aliphatic rings. The van der Waals surface area contributed by atoms with Crippen LogP contribution in [0.1, 0.15) is 180 Å². The van der Waals surface area contributed by atoms with Gasteiger partial charge < -0.3 is 22.1 Å². The molecule has 1 atom stereocenters. The van der Waals surface area contributed by atoms with Crippen molar-refractivity contribution in [2.75, 3.05) is 0 Å². The van der Waals surface area contributed by atoms with Crippen molar-refractivity contribution in [3.63, 3.8) is 0 Å². The molecule has 0 radical (unpaired) electrons. The molecule has 20 rings (SSSR count). The van der Waals surface area contributed by atoms with Gasteiger partial charge in [-0.3, -0.25) is 0 Å². The predicted octanol–water partition coefficient (Wildman–Crippen LogP) is 26.5. The van der Waals surface area contributed by atoms with Gasteiger partial charge in [-0.25, -0.2) is 47.8 Å². The monoisotopic (exact) mass is 1720 g/mol. The highest BCUT2D eigenvalue weighted by Crippen LogP contribution is 2.44. The van der Waals surface area contributed by atoms with Gasteiger partial charge in [0.05, 0.1) is 27.8 Å². The third-order valence-electron chi connectivity index (χ3n) is 25.9. The Morgan fingerprint density at radius 1 is 0.302 bits per heavy atom. The minimum Gasteiger partial charge on any atom is -0.437 e.